The van der Waals surface area contributed by atoms with Crippen LogP contribution in [0.3, 0.4) is 0 Å². The Morgan fingerprint density at radius 2 is 1.59 bits per heavy atom. The number of carbonyl (C=O) groups excluding carboxylic acids is 3. The van der Waals surface area contributed by atoms with Crippen LogP contribution in [0.15, 0.2) is 12.1 Å². The number of rotatable bonds is 9. The first-order valence-electron chi connectivity index (χ1n) is 10.5. The van der Waals surface area contributed by atoms with Crippen molar-refractivity contribution in [3.63, 3.8) is 0 Å². The normalized spacial score (nSPS) is 17.7. The number of urea groups is 1. The predicted molar refractivity (Wildman–Crippen MR) is 121 cm³/mol. The van der Waals surface area contributed by atoms with Gasteiger partial charge in [0.25, 0.3) is 5.91 Å². The highest BCUT2D eigenvalue weighted by Crippen LogP contribution is 2.35. The van der Waals surface area contributed by atoms with Crippen molar-refractivity contribution in [1.82, 2.24) is 15.1 Å². The summed E-state index contributed by atoms with van der Waals surface area (Å²) in [5, 5.41) is 2.85. The molecule has 0 unspecified atom stereocenters. The van der Waals surface area contributed by atoms with Crippen LogP contribution in [0.2, 0.25) is 0 Å². The van der Waals surface area contributed by atoms with Gasteiger partial charge >= 0.3 is 6.03 Å². The van der Waals surface area contributed by atoms with Crippen LogP contribution in [0.4, 0.5) is 4.79 Å². The quantitative estimate of drug-likeness (QED) is 0.337. The van der Waals surface area contributed by atoms with Gasteiger partial charge in [0.1, 0.15) is 11.3 Å². The highest BCUT2D eigenvalue weighted by Gasteiger charge is 2.50. The minimum absolute atomic E-state index is 0. The maximum Gasteiger partial charge on any atom is 0.324 e. The molecule has 2 heterocycles. The first-order chi connectivity index (χ1) is 14.8. The lowest BCUT2D eigenvalue weighted by atomic mass is 9.87. The van der Waals surface area contributed by atoms with Gasteiger partial charge in [0.15, 0.2) is 17.3 Å². The number of nitrogens with zero attached hydrogens (tertiary/aromatic N) is 2. The summed E-state index contributed by atoms with van der Waals surface area (Å²) in [5.41, 5.74) is -0.248. The van der Waals surface area contributed by atoms with Crippen molar-refractivity contribution in [1.29, 1.82) is 0 Å². The first-order valence-corrected chi connectivity index (χ1v) is 10.5. The van der Waals surface area contributed by atoms with Crippen LogP contribution >= 0.6 is 12.4 Å². The Morgan fingerprint density at radius 3 is 2.12 bits per heavy atom. The molecule has 1 aromatic rings. The second-order valence-electron chi connectivity index (χ2n) is 8.01. The number of Topliss-reactive ketones (excluding diaryl/α,β-unsaturated/α-hetero) is 1. The number of piperidine rings is 1. The molecule has 3 rings (SSSR count). The van der Waals surface area contributed by atoms with Crippen molar-refractivity contribution in [3.8, 4) is 17.2 Å². The third kappa shape index (κ3) is 5.10. The number of imide groups is 1. The molecule has 0 radical (unpaired) electrons. The van der Waals surface area contributed by atoms with Crippen LogP contribution in [0.25, 0.3) is 0 Å². The molecule has 2 aliphatic heterocycles. The summed E-state index contributed by atoms with van der Waals surface area (Å²) in [6.45, 7) is 2.35. The molecule has 2 fully saturated rings. The van der Waals surface area contributed by atoms with E-state index in [1.54, 1.807) is 12.1 Å². The van der Waals surface area contributed by atoms with Crippen molar-refractivity contribution >= 4 is 30.1 Å². The molecule has 1 N–H and O–H groups in total. The Kier molecular flexibility index (Phi) is 8.74. The molecule has 1 aromatic carbocycles. The third-order valence-electron chi connectivity index (χ3n) is 6.21. The minimum atomic E-state index is -0.734. The number of benzene rings is 1. The van der Waals surface area contributed by atoms with E-state index < -0.39 is 5.54 Å². The number of carbonyl (C=O) groups is 3. The fourth-order valence-corrected chi connectivity index (χ4v) is 4.26. The lowest BCUT2D eigenvalue weighted by Crippen LogP contribution is -2.54. The zero-order chi connectivity index (χ0) is 22.6. The average molecular weight is 470 g/mol. The monoisotopic (exact) mass is 469 g/mol. The van der Waals surface area contributed by atoms with Gasteiger partial charge in [-0.15, -0.1) is 12.4 Å². The Labute approximate surface area is 194 Å². The molecular formula is C22H32ClN3O6. The number of amides is 3. The van der Waals surface area contributed by atoms with Crippen LogP contribution in [0.1, 0.15) is 42.5 Å². The van der Waals surface area contributed by atoms with Gasteiger partial charge in [-0.2, -0.15) is 0 Å². The minimum Gasteiger partial charge on any atom is -0.496 e. The van der Waals surface area contributed by atoms with E-state index in [0.29, 0.717) is 42.1 Å². The maximum absolute atomic E-state index is 12.7. The number of likely N-dealkylation sites (tertiary alicyclic amines) is 1. The number of nitrogens with one attached hydrogen (secondary N) is 1. The number of hydrogen-bond donors (Lipinski definition) is 1. The highest BCUT2D eigenvalue weighted by atomic mass is 35.5. The van der Waals surface area contributed by atoms with E-state index in [2.05, 4.69) is 10.2 Å². The van der Waals surface area contributed by atoms with Crippen molar-refractivity contribution < 1.29 is 28.6 Å². The summed E-state index contributed by atoms with van der Waals surface area (Å²) >= 11 is 0. The number of likely N-dealkylation sites (N-methyl/N-ethyl adjacent to an activating group) is 1. The fourth-order valence-electron chi connectivity index (χ4n) is 4.26. The maximum atomic E-state index is 12.7. The first kappa shape index (κ1) is 25.7. The molecule has 10 heteroatoms. The van der Waals surface area contributed by atoms with Crippen molar-refractivity contribution in [3.05, 3.63) is 17.7 Å². The summed E-state index contributed by atoms with van der Waals surface area (Å²) in [7, 11) is 6.11. The smallest absolute Gasteiger partial charge is 0.324 e. The summed E-state index contributed by atoms with van der Waals surface area (Å²) in [6.07, 6.45) is 3.25. The van der Waals surface area contributed by atoms with E-state index in [4.69, 9.17) is 14.2 Å². The van der Waals surface area contributed by atoms with E-state index >= 15 is 0 Å². The van der Waals surface area contributed by atoms with Crippen molar-refractivity contribution in [2.75, 3.05) is 48.0 Å². The number of ether oxygens (including phenoxy) is 3. The SMILES string of the molecule is COc1cc(OC)c(C(=O)CCCCN2CCC3(CC2)NC(=O)N(C)C3=O)cc1OC.Cl. The lowest BCUT2D eigenvalue weighted by molar-refractivity contribution is -0.132. The number of hydrogen-bond acceptors (Lipinski definition) is 7. The van der Waals surface area contributed by atoms with E-state index in [1.807, 2.05) is 0 Å². The Morgan fingerprint density at radius 1 is 1.00 bits per heavy atom. The number of methoxy groups -OCH3 is 3. The second-order valence-corrected chi connectivity index (χ2v) is 8.01. The van der Waals surface area contributed by atoms with Crippen LogP contribution < -0.4 is 19.5 Å². The summed E-state index contributed by atoms with van der Waals surface area (Å²) < 4.78 is 15.9. The van der Waals surface area contributed by atoms with E-state index in [1.165, 1.54) is 33.3 Å². The Bertz CT molecular complexity index is 854. The lowest BCUT2D eigenvalue weighted by Gasteiger charge is -2.37. The molecule has 0 atom stereocenters. The molecule has 1 spiro atoms. The molecular weight excluding hydrogens is 438 g/mol. The van der Waals surface area contributed by atoms with Gasteiger partial charge in [0, 0.05) is 32.6 Å². The average Bonchev–Trinajstić information content (AvgIpc) is 3.00. The van der Waals surface area contributed by atoms with Crippen LogP contribution in [-0.2, 0) is 4.79 Å². The molecule has 3 amide bonds. The van der Waals surface area contributed by atoms with Gasteiger partial charge in [-0.1, -0.05) is 0 Å². The highest BCUT2D eigenvalue weighted by molar-refractivity contribution is 6.06. The largest absolute Gasteiger partial charge is 0.496 e. The van der Waals surface area contributed by atoms with Gasteiger partial charge in [-0.05, 0) is 38.3 Å². The van der Waals surface area contributed by atoms with Gasteiger partial charge in [0.05, 0.1) is 26.9 Å². The summed E-state index contributed by atoms with van der Waals surface area (Å²) in [6, 6.07) is 3.01. The van der Waals surface area contributed by atoms with Gasteiger partial charge < -0.3 is 24.4 Å². The van der Waals surface area contributed by atoms with E-state index in [9.17, 15) is 14.4 Å². The molecule has 9 nitrogen and oxygen atoms in total. The van der Waals surface area contributed by atoms with E-state index in [-0.39, 0.29) is 30.1 Å². The summed E-state index contributed by atoms with van der Waals surface area (Å²) in [5.74, 6) is 1.34. The molecule has 2 saturated heterocycles. The van der Waals surface area contributed by atoms with Crippen LogP contribution in [0.5, 0.6) is 17.2 Å². The number of halogens is 1. The van der Waals surface area contributed by atoms with Gasteiger partial charge in [0.2, 0.25) is 0 Å². The topological polar surface area (TPSA) is 97.4 Å². The molecule has 32 heavy (non-hydrogen) atoms. The molecule has 0 aliphatic carbocycles. The zero-order valence-electron chi connectivity index (χ0n) is 19.1. The van der Waals surface area contributed by atoms with E-state index in [0.717, 1.165) is 32.5 Å². The zero-order valence-corrected chi connectivity index (χ0v) is 19.9. The number of ketones is 1. The van der Waals surface area contributed by atoms with Crippen molar-refractivity contribution in [2.45, 2.75) is 37.6 Å². The molecule has 2 aliphatic rings. The predicted octanol–water partition coefficient (Wildman–Crippen LogP) is 2.50. The van der Waals surface area contributed by atoms with Gasteiger partial charge in [-0.25, -0.2) is 4.79 Å². The van der Waals surface area contributed by atoms with Crippen LogP contribution in [0, 0.1) is 0 Å². The van der Waals surface area contributed by atoms with Crippen LogP contribution in [-0.4, -0.2) is 81.1 Å². The molecule has 0 aromatic heterocycles. The van der Waals surface area contributed by atoms with Gasteiger partial charge in [-0.3, -0.25) is 14.5 Å². The number of unbranched alkanes of at least 4 members (excludes halogenated alkanes) is 1. The third-order valence-corrected chi connectivity index (χ3v) is 6.21. The standard InChI is InChI=1S/C22H31N3O6.ClH/c1-24-20(27)22(23-21(24)28)8-11-25(12-9-22)10-6-5-7-16(26)15-13-18(30-3)19(31-4)14-17(15)29-2;/h13-14H,5-12H2,1-4H3,(H,23,28);1H. The molecule has 0 bridgehead atoms. The summed E-state index contributed by atoms with van der Waals surface area (Å²) in [4.78, 5) is 40.3. The molecule has 0 saturated carbocycles. The second kappa shape index (κ2) is 10.9. The Hall–Kier alpha value is -2.52. The Balaban J connectivity index is 0.00000363. The van der Waals surface area contributed by atoms with Crippen molar-refractivity contribution in [2.24, 2.45) is 0 Å². The molecule has 178 valence electrons. The fraction of sp³-hybridized carbons (Fsp3) is 0.591.